The second-order valence-electron chi connectivity index (χ2n) is 3.29. The van der Waals surface area contributed by atoms with Crippen molar-refractivity contribution in [2.75, 3.05) is 0 Å². The van der Waals surface area contributed by atoms with Crippen LogP contribution >= 0.6 is 27.3 Å². The Kier molecular flexibility index (Phi) is 3.03. The van der Waals surface area contributed by atoms with Crippen LogP contribution in [0.3, 0.4) is 0 Å². The summed E-state index contributed by atoms with van der Waals surface area (Å²) in [5, 5.41) is 1.91. The molecular weight excluding hydrogens is 272 g/mol. The van der Waals surface area contributed by atoms with Crippen molar-refractivity contribution in [1.29, 1.82) is 0 Å². The van der Waals surface area contributed by atoms with E-state index in [9.17, 15) is 4.79 Å². The predicted molar refractivity (Wildman–Crippen MR) is 66.6 cm³/mol. The van der Waals surface area contributed by atoms with Crippen LogP contribution in [0.15, 0.2) is 40.2 Å². The number of benzene rings is 1. The van der Waals surface area contributed by atoms with Crippen LogP contribution in [0.25, 0.3) is 0 Å². The molecule has 0 aliphatic carbocycles. The Morgan fingerprint density at radius 2 is 1.87 bits per heavy atom. The smallest absolute Gasteiger partial charge is 0.204 e. The first kappa shape index (κ1) is 10.6. The van der Waals surface area contributed by atoms with E-state index in [0.29, 0.717) is 0 Å². The highest BCUT2D eigenvalue weighted by atomic mass is 79.9. The minimum atomic E-state index is 0.0804. The van der Waals surface area contributed by atoms with Gasteiger partial charge in [-0.1, -0.05) is 29.8 Å². The van der Waals surface area contributed by atoms with E-state index in [1.165, 1.54) is 11.3 Å². The van der Waals surface area contributed by atoms with Gasteiger partial charge in [0.05, 0.1) is 4.88 Å². The number of halogens is 1. The molecule has 3 heteroatoms. The molecule has 0 aliphatic rings. The summed E-state index contributed by atoms with van der Waals surface area (Å²) in [6.07, 6.45) is 0. The number of rotatable bonds is 2. The number of carbonyl (C=O) groups is 1. The fourth-order valence-corrected chi connectivity index (χ4v) is 2.81. The van der Waals surface area contributed by atoms with Crippen molar-refractivity contribution in [3.05, 3.63) is 56.2 Å². The van der Waals surface area contributed by atoms with Crippen LogP contribution in [0, 0.1) is 6.92 Å². The van der Waals surface area contributed by atoms with Gasteiger partial charge in [0, 0.05) is 10.0 Å². The summed E-state index contributed by atoms with van der Waals surface area (Å²) in [5.74, 6) is 0.0804. The molecule has 2 rings (SSSR count). The molecule has 0 bridgehead atoms. The molecule has 2 aromatic rings. The van der Waals surface area contributed by atoms with Gasteiger partial charge in [-0.25, -0.2) is 0 Å². The van der Waals surface area contributed by atoms with Gasteiger partial charge in [0.2, 0.25) is 5.78 Å². The maximum absolute atomic E-state index is 12.0. The van der Waals surface area contributed by atoms with E-state index in [0.717, 1.165) is 20.5 Å². The topological polar surface area (TPSA) is 17.1 Å². The first-order chi connectivity index (χ1) is 7.18. The molecular formula is C12H9BrOS. The summed E-state index contributed by atoms with van der Waals surface area (Å²) >= 11 is 4.83. The Morgan fingerprint density at radius 3 is 2.40 bits per heavy atom. The van der Waals surface area contributed by atoms with Crippen molar-refractivity contribution in [2.24, 2.45) is 0 Å². The van der Waals surface area contributed by atoms with E-state index >= 15 is 0 Å². The van der Waals surface area contributed by atoms with E-state index in [-0.39, 0.29) is 5.78 Å². The summed E-state index contributed by atoms with van der Waals surface area (Å²) in [6.45, 7) is 2.01. The second-order valence-corrected chi connectivity index (χ2v) is 5.06. The van der Waals surface area contributed by atoms with Crippen molar-refractivity contribution in [3.8, 4) is 0 Å². The van der Waals surface area contributed by atoms with Gasteiger partial charge < -0.3 is 0 Å². The molecule has 76 valence electrons. The number of carbonyl (C=O) groups excluding carboxylic acids is 1. The number of aryl methyl sites for hydroxylation is 1. The van der Waals surface area contributed by atoms with Crippen LogP contribution in [-0.2, 0) is 0 Å². The molecule has 0 atom stereocenters. The highest BCUT2D eigenvalue weighted by molar-refractivity contribution is 9.10. The Labute approximate surface area is 101 Å². The lowest BCUT2D eigenvalue weighted by Crippen LogP contribution is -1.98. The Balaban J connectivity index is 2.37. The third kappa shape index (κ3) is 2.19. The van der Waals surface area contributed by atoms with Gasteiger partial charge in [0.15, 0.2) is 0 Å². The van der Waals surface area contributed by atoms with Gasteiger partial charge in [-0.05, 0) is 34.3 Å². The molecule has 15 heavy (non-hydrogen) atoms. The Hall–Kier alpha value is -0.930. The van der Waals surface area contributed by atoms with E-state index < -0.39 is 0 Å². The standard InChI is InChI=1S/C12H9BrOS/c1-8-2-4-9(5-3-8)11(14)12-10(13)6-7-15-12/h2-7H,1H3. The van der Waals surface area contributed by atoms with Crippen LogP contribution in [0.5, 0.6) is 0 Å². The lowest BCUT2D eigenvalue weighted by atomic mass is 10.1. The average molecular weight is 281 g/mol. The molecule has 0 N–H and O–H groups in total. The maximum atomic E-state index is 12.0. The van der Waals surface area contributed by atoms with E-state index in [1.54, 1.807) is 0 Å². The second kappa shape index (κ2) is 4.29. The van der Waals surface area contributed by atoms with Gasteiger partial charge in [0.25, 0.3) is 0 Å². The monoisotopic (exact) mass is 280 g/mol. The molecule has 1 nitrogen and oxygen atoms in total. The zero-order valence-electron chi connectivity index (χ0n) is 8.16. The fourth-order valence-electron chi connectivity index (χ4n) is 1.29. The molecule has 0 saturated heterocycles. The van der Waals surface area contributed by atoms with Crippen molar-refractivity contribution in [1.82, 2.24) is 0 Å². The number of hydrogen-bond acceptors (Lipinski definition) is 2. The van der Waals surface area contributed by atoms with E-state index in [2.05, 4.69) is 15.9 Å². The highest BCUT2D eigenvalue weighted by Gasteiger charge is 2.13. The molecule has 0 fully saturated rings. The van der Waals surface area contributed by atoms with Crippen LogP contribution in [0.1, 0.15) is 20.8 Å². The number of hydrogen-bond donors (Lipinski definition) is 0. The summed E-state index contributed by atoms with van der Waals surface area (Å²) in [5.41, 5.74) is 1.90. The minimum Gasteiger partial charge on any atom is -0.288 e. The van der Waals surface area contributed by atoms with Crippen LogP contribution in [0.2, 0.25) is 0 Å². The highest BCUT2D eigenvalue weighted by Crippen LogP contribution is 2.25. The van der Waals surface area contributed by atoms with E-state index in [1.807, 2.05) is 42.6 Å². The lowest BCUT2D eigenvalue weighted by Gasteiger charge is -1.99. The molecule has 0 spiro atoms. The van der Waals surface area contributed by atoms with Crippen molar-refractivity contribution in [3.63, 3.8) is 0 Å². The molecule has 1 aromatic heterocycles. The third-order valence-electron chi connectivity index (χ3n) is 2.14. The first-order valence-electron chi connectivity index (χ1n) is 4.53. The molecule has 0 aliphatic heterocycles. The van der Waals surface area contributed by atoms with Crippen LogP contribution < -0.4 is 0 Å². The molecule has 0 saturated carbocycles. The molecule has 0 unspecified atom stereocenters. The first-order valence-corrected chi connectivity index (χ1v) is 6.20. The maximum Gasteiger partial charge on any atom is 0.204 e. The van der Waals surface area contributed by atoms with Crippen LogP contribution in [0.4, 0.5) is 0 Å². The molecule has 0 amide bonds. The summed E-state index contributed by atoms with van der Waals surface area (Å²) in [4.78, 5) is 12.8. The van der Waals surface area contributed by atoms with Crippen molar-refractivity contribution >= 4 is 33.0 Å². The molecule has 1 aromatic carbocycles. The van der Waals surface area contributed by atoms with Crippen LogP contribution in [-0.4, -0.2) is 5.78 Å². The van der Waals surface area contributed by atoms with Gasteiger partial charge in [-0.2, -0.15) is 0 Å². The third-order valence-corrected chi connectivity index (χ3v) is 3.97. The zero-order valence-corrected chi connectivity index (χ0v) is 10.6. The molecule has 0 radical (unpaired) electrons. The summed E-state index contributed by atoms with van der Waals surface area (Å²) < 4.78 is 0.873. The van der Waals surface area contributed by atoms with Gasteiger partial charge in [0.1, 0.15) is 0 Å². The van der Waals surface area contributed by atoms with Crippen molar-refractivity contribution < 1.29 is 4.79 Å². The quantitative estimate of drug-likeness (QED) is 0.759. The van der Waals surface area contributed by atoms with Gasteiger partial charge >= 0.3 is 0 Å². The van der Waals surface area contributed by atoms with Gasteiger partial charge in [-0.3, -0.25) is 4.79 Å². The predicted octanol–water partition coefficient (Wildman–Crippen LogP) is 4.05. The largest absolute Gasteiger partial charge is 0.288 e. The Bertz CT molecular complexity index is 485. The number of ketones is 1. The van der Waals surface area contributed by atoms with Gasteiger partial charge in [-0.15, -0.1) is 11.3 Å². The minimum absolute atomic E-state index is 0.0804. The molecule has 1 heterocycles. The fraction of sp³-hybridized carbons (Fsp3) is 0.0833. The Morgan fingerprint density at radius 1 is 1.20 bits per heavy atom. The van der Waals surface area contributed by atoms with Crippen molar-refractivity contribution in [2.45, 2.75) is 6.92 Å². The lowest BCUT2D eigenvalue weighted by molar-refractivity contribution is 0.104. The summed E-state index contributed by atoms with van der Waals surface area (Å²) in [7, 11) is 0. The average Bonchev–Trinajstić information content (AvgIpc) is 2.65. The zero-order chi connectivity index (χ0) is 10.8. The number of thiophene rings is 1. The normalized spacial score (nSPS) is 10.3. The SMILES string of the molecule is Cc1ccc(C(=O)c2sccc2Br)cc1. The van der Waals surface area contributed by atoms with E-state index in [4.69, 9.17) is 0 Å². The summed E-state index contributed by atoms with van der Waals surface area (Å²) in [6, 6.07) is 9.53.